The number of ketones is 1. The van der Waals surface area contributed by atoms with Crippen LogP contribution in [0.1, 0.15) is 40.6 Å². The molecule has 0 aliphatic rings. The van der Waals surface area contributed by atoms with Crippen molar-refractivity contribution in [3.8, 4) is 22.9 Å². The zero-order chi connectivity index (χ0) is 21.3. The minimum atomic E-state index is -2.61. The van der Waals surface area contributed by atoms with Gasteiger partial charge in [-0.25, -0.2) is 17.6 Å². The molecule has 2 aromatic heterocycles. The number of alkyl halides is 4. The van der Waals surface area contributed by atoms with Crippen molar-refractivity contribution >= 4 is 5.78 Å². The van der Waals surface area contributed by atoms with Gasteiger partial charge >= 0.3 is 5.78 Å². The lowest BCUT2D eigenvalue weighted by atomic mass is 10.1. The number of aromatic nitrogens is 4. The van der Waals surface area contributed by atoms with Crippen molar-refractivity contribution in [1.29, 1.82) is 0 Å². The first-order valence-corrected chi connectivity index (χ1v) is 8.41. The molecule has 2 heterocycles. The second-order valence-corrected chi connectivity index (χ2v) is 6.00. The quantitative estimate of drug-likeness (QED) is 0.325. The van der Waals surface area contributed by atoms with Crippen LogP contribution in [0.25, 0.3) is 22.9 Å². The van der Waals surface area contributed by atoms with Crippen molar-refractivity contribution in [3.63, 3.8) is 0 Å². The summed E-state index contributed by atoms with van der Waals surface area (Å²) >= 11 is 0. The molecule has 0 aliphatic carbocycles. The van der Waals surface area contributed by atoms with E-state index in [1.165, 1.54) is 48.5 Å². The first-order valence-electron chi connectivity index (χ1n) is 8.41. The lowest BCUT2D eigenvalue weighted by Crippen LogP contribution is -2.02. The second-order valence-electron chi connectivity index (χ2n) is 6.00. The van der Waals surface area contributed by atoms with Gasteiger partial charge < -0.3 is 8.83 Å². The van der Waals surface area contributed by atoms with Gasteiger partial charge in [0.25, 0.3) is 24.6 Å². The van der Waals surface area contributed by atoms with E-state index in [-0.39, 0.29) is 22.9 Å². The van der Waals surface area contributed by atoms with E-state index in [0.29, 0.717) is 11.1 Å². The number of hydrogen-bond acceptors (Lipinski definition) is 7. The number of carbonyl (C=O) groups is 1. The maximum Gasteiger partial charge on any atom is 0.306 e. The van der Waals surface area contributed by atoms with Crippen molar-refractivity contribution in [3.05, 3.63) is 71.4 Å². The van der Waals surface area contributed by atoms with Crippen molar-refractivity contribution in [2.24, 2.45) is 0 Å². The van der Waals surface area contributed by atoms with Gasteiger partial charge in [0.05, 0.1) is 0 Å². The van der Waals surface area contributed by atoms with Gasteiger partial charge in [0, 0.05) is 22.3 Å². The Morgan fingerprint density at radius 3 is 1.33 bits per heavy atom. The number of halogens is 4. The highest BCUT2D eigenvalue weighted by Crippen LogP contribution is 2.26. The molecule has 0 saturated carbocycles. The molecule has 0 unspecified atom stereocenters. The van der Waals surface area contributed by atoms with E-state index in [2.05, 4.69) is 20.4 Å². The van der Waals surface area contributed by atoms with E-state index in [4.69, 9.17) is 8.83 Å². The van der Waals surface area contributed by atoms with E-state index in [1.54, 1.807) is 0 Å². The molecule has 4 rings (SSSR count). The van der Waals surface area contributed by atoms with Crippen LogP contribution in [-0.4, -0.2) is 26.2 Å². The topological polar surface area (TPSA) is 94.9 Å². The van der Waals surface area contributed by atoms with E-state index < -0.39 is 30.4 Å². The number of carbonyl (C=O) groups excluding carboxylic acids is 1. The third-order valence-electron chi connectivity index (χ3n) is 4.06. The summed E-state index contributed by atoms with van der Waals surface area (Å²) in [4.78, 5) is 12.4. The average molecular weight is 418 g/mol. The van der Waals surface area contributed by atoms with Crippen LogP contribution < -0.4 is 0 Å². The van der Waals surface area contributed by atoms with Gasteiger partial charge in [0.1, 0.15) is 0 Å². The van der Waals surface area contributed by atoms with Crippen LogP contribution in [0.3, 0.4) is 0 Å². The van der Waals surface area contributed by atoms with Crippen molar-refractivity contribution in [2.45, 2.75) is 12.9 Å². The van der Waals surface area contributed by atoms with Gasteiger partial charge in [0.15, 0.2) is 0 Å². The fourth-order valence-corrected chi connectivity index (χ4v) is 2.50. The first-order chi connectivity index (χ1) is 14.4. The summed E-state index contributed by atoms with van der Waals surface area (Å²) in [6.45, 7) is 0. The molecule has 11 heteroatoms. The van der Waals surface area contributed by atoms with Crippen LogP contribution in [0.5, 0.6) is 0 Å². The SMILES string of the molecule is O=C(c1nnc(-c2ccc(C(F)F)cc2)o1)c1nnc(-c2ccc(C(F)F)cc2)o1. The van der Waals surface area contributed by atoms with Crippen LogP contribution >= 0.6 is 0 Å². The Morgan fingerprint density at radius 1 is 0.633 bits per heavy atom. The van der Waals surface area contributed by atoms with Crippen molar-refractivity contribution in [1.82, 2.24) is 20.4 Å². The summed E-state index contributed by atoms with van der Waals surface area (Å²) in [5.74, 6) is -1.83. The fraction of sp³-hybridized carbons (Fsp3) is 0.105. The van der Waals surface area contributed by atoms with Gasteiger partial charge in [0.2, 0.25) is 11.8 Å². The Hall–Kier alpha value is -3.89. The van der Waals surface area contributed by atoms with Crippen LogP contribution in [0.4, 0.5) is 17.6 Å². The summed E-state index contributed by atoms with van der Waals surface area (Å²) in [6.07, 6.45) is -5.23. The molecule has 0 bridgehead atoms. The molecular weight excluding hydrogens is 408 g/mol. The molecule has 0 fully saturated rings. The average Bonchev–Trinajstić information content (AvgIpc) is 3.44. The zero-order valence-corrected chi connectivity index (χ0v) is 14.8. The highest BCUT2D eigenvalue weighted by atomic mass is 19.3. The molecular formula is C19H10F4N4O3. The Labute approximate surface area is 165 Å². The van der Waals surface area contributed by atoms with Gasteiger partial charge in [-0.05, 0) is 24.3 Å². The molecule has 0 spiro atoms. The Balaban J connectivity index is 1.53. The standard InChI is InChI=1S/C19H10F4N4O3/c20-14(21)9-1-5-11(6-2-9)16-24-26-18(29-16)13(28)19-27-25-17(30-19)12-7-3-10(4-8-12)15(22)23/h1-8,14-15H. The maximum atomic E-state index is 12.6. The third kappa shape index (κ3) is 3.81. The van der Waals surface area contributed by atoms with Crippen LogP contribution in [0, 0.1) is 0 Å². The molecule has 7 nitrogen and oxygen atoms in total. The van der Waals surface area contributed by atoms with Crippen molar-refractivity contribution < 1.29 is 31.2 Å². The van der Waals surface area contributed by atoms with Crippen LogP contribution in [0.2, 0.25) is 0 Å². The smallest absolute Gasteiger partial charge is 0.306 e. The maximum absolute atomic E-state index is 12.6. The minimum Gasteiger partial charge on any atom is -0.413 e. The zero-order valence-electron chi connectivity index (χ0n) is 14.8. The highest BCUT2D eigenvalue weighted by Gasteiger charge is 2.24. The van der Waals surface area contributed by atoms with E-state index in [0.717, 1.165) is 0 Å². The normalized spacial score (nSPS) is 11.4. The number of rotatable bonds is 6. The van der Waals surface area contributed by atoms with Gasteiger partial charge in [-0.15, -0.1) is 20.4 Å². The summed E-state index contributed by atoms with van der Waals surface area (Å²) in [6, 6.07) is 10.2. The van der Waals surface area contributed by atoms with Gasteiger partial charge in [-0.2, -0.15) is 0 Å². The second kappa shape index (κ2) is 7.85. The fourth-order valence-electron chi connectivity index (χ4n) is 2.50. The minimum absolute atomic E-state index is 0.0542. The predicted molar refractivity (Wildman–Crippen MR) is 92.8 cm³/mol. The molecule has 4 aromatic rings. The molecule has 0 aliphatic heterocycles. The van der Waals surface area contributed by atoms with E-state index >= 15 is 0 Å². The number of hydrogen-bond donors (Lipinski definition) is 0. The Morgan fingerprint density at radius 2 is 1.00 bits per heavy atom. The molecule has 0 saturated heterocycles. The number of benzene rings is 2. The monoisotopic (exact) mass is 418 g/mol. The summed E-state index contributed by atoms with van der Waals surface area (Å²) < 4.78 is 61.0. The lowest BCUT2D eigenvalue weighted by molar-refractivity contribution is 0.0971. The Bertz CT molecular complexity index is 1080. The molecule has 152 valence electrons. The van der Waals surface area contributed by atoms with Crippen molar-refractivity contribution in [2.75, 3.05) is 0 Å². The van der Waals surface area contributed by atoms with E-state index in [1.807, 2.05) is 0 Å². The lowest BCUT2D eigenvalue weighted by Gasteiger charge is -1.99. The Kier molecular flexibility index (Phi) is 5.09. The van der Waals surface area contributed by atoms with Crippen LogP contribution in [0.15, 0.2) is 57.4 Å². The summed E-state index contributed by atoms with van der Waals surface area (Å²) in [5, 5.41) is 14.7. The molecule has 30 heavy (non-hydrogen) atoms. The molecule has 2 aromatic carbocycles. The molecule has 0 radical (unpaired) electrons. The largest absolute Gasteiger partial charge is 0.413 e. The summed E-state index contributed by atoms with van der Waals surface area (Å²) in [7, 11) is 0. The summed E-state index contributed by atoms with van der Waals surface area (Å²) in [5.41, 5.74) is 0.344. The highest BCUT2D eigenvalue weighted by molar-refractivity contribution is 6.02. The third-order valence-corrected chi connectivity index (χ3v) is 4.06. The van der Waals surface area contributed by atoms with Crippen LogP contribution in [-0.2, 0) is 0 Å². The molecule has 0 atom stereocenters. The van der Waals surface area contributed by atoms with Gasteiger partial charge in [-0.1, -0.05) is 24.3 Å². The van der Waals surface area contributed by atoms with Gasteiger partial charge in [-0.3, -0.25) is 4.79 Å². The van der Waals surface area contributed by atoms with E-state index in [9.17, 15) is 22.4 Å². The number of nitrogens with zero attached hydrogens (tertiary/aromatic N) is 4. The first kappa shape index (κ1) is 19.4. The molecule has 0 N–H and O–H groups in total. The predicted octanol–water partition coefficient (Wildman–Crippen LogP) is 4.89. The molecule has 0 amide bonds.